The van der Waals surface area contributed by atoms with Crippen LogP contribution in [0.25, 0.3) is 16.8 Å². The third kappa shape index (κ3) is 4.55. The largest absolute Gasteiger partial charge is 0.490 e. The average Bonchev–Trinajstić information content (AvgIpc) is 3.06. The van der Waals surface area contributed by atoms with Crippen molar-refractivity contribution in [2.75, 3.05) is 13.2 Å². The summed E-state index contributed by atoms with van der Waals surface area (Å²) in [6, 6.07) is 19.3. The molecular formula is C26H23NO4S. The van der Waals surface area contributed by atoms with E-state index in [4.69, 9.17) is 9.47 Å². The van der Waals surface area contributed by atoms with E-state index in [9.17, 15) is 9.59 Å². The molecule has 2 amide bonds. The third-order valence-electron chi connectivity index (χ3n) is 5.00. The van der Waals surface area contributed by atoms with E-state index in [1.165, 1.54) is 4.90 Å². The maximum Gasteiger partial charge on any atom is 0.293 e. The van der Waals surface area contributed by atoms with Crippen LogP contribution in [0.4, 0.5) is 4.79 Å². The van der Waals surface area contributed by atoms with E-state index < -0.39 is 0 Å². The Hall–Kier alpha value is -3.51. The minimum atomic E-state index is -0.294. The van der Waals surface area contributed by atoms with Crippen LogP contribution >= 0.6 is 11.8 Å². The van der Waals surface area contributed by atoms with Gasteiger partial charge < -0.3 is 9.47 Å². The van der Waals surface area contributed by atoms with Crippen LogP contribution in [0.5, 0.6) is 11.5 Å². The summed E-state index contributed by atoms with van der Waals surface area (Å²) >= 11 is 0.952. The molecule has 0 saturated carbocycles. The van der Waals surface area contributed by atoms with E-state index in [1.807, 2.05) is 55.5 Å². The van der Waals surface area contributed by atoms with Gasteiger partial charge >= 0.3 is 0 Å². The summed E-state index contributed by atoms with van der Waals surface area (Å²) in [5, 5.41) is 1.84. The van der Waals surface area contributed by atoms with Crippen molar-refractivity contribution in [3.8, 4) is 11.5 Å². The highest BCUT2D eigenvalue weighted by Crippen LogP contribution is 2.36. The number of nitrogens with zero attached hydrogens (tertiary/aromatic N) is 1. The lowest BCUT2D eigenvalue weighted by molar-refractivity contribution is -0.123. The molecule has 0 radical (unpaired) electrons. The molecule has 4 rings (SSSR count). The Morgan fingerprint density at radius 1 is 1.00 bits per heavy atom. The van der Waals surface area contributed by atoms with E-state index in [0.717, 1.165) is 33.7 Å². The maximum atomic E-state index is 13.0. The highest BCUT2D eigenvalue weighted by molar-refractivity contribution is 8.18. The average molecular weight is 446 g/mol. The van der Waals surface area contributed by atoms with Gasteiger partial charge in [0.15, 0.2) is 11.5 Å². The fourth-order valence-electron chi connectivity index (χ4n) is 3.54. The van der Waals surface area contributed by atoms with Crippen LogP contribution in [0.3, 0.4) is 0 Å². The fraction of sp³-hybridized carbons (Fsp3) is 0.154. The second-order valence-corrected chi connectivity index (χ2v) is 8.14. The summed E-state index contributed by atoms with van der Waals surface area (Å²) in [7, 11) is 0. The topological polar surface area (TPSA) is 55.8 Å². The number of benzene rings is 3. The lowest BCUT2D eigenvalue weighted by atomic mass is 10.0. The summed E-state index contributed by atoms with van der Waals surface area (Å²) in [6.07, 6.45) is 3.38. The molecule has 1 fully saturated rings. The van der Waals surface area contributed by atoms with Gasteiger partial charge in [0, 0.05) is 0 Å². The minimum absolute atomic E-state index is 0.238. The number of carbonyl (C=O) groups is 2. The Morgan fingerprint density at radius 2 is 1.81 bits per heavy atom. The van der Waals surface area contributed by atoms with Gasteiger partial charge in [-0.2, -0.15) is 0 Å². The van der Waals surface area contributed by atoms with E-state index in [0.29, 0.717) is 29.6 Å². The Labute approximate surface area is 191 Å². The van der Waals surface area contributed by atoms with Gasteiger partial charge in [-0.3, -0.25) is 14.5 Å². The Morgan fingerprint density at radius 3 is 2.62 bits per heavy atom. The lowest BCUT2D eigenvalue weighted by Gasteiger charge is -2.14. The molecule has 1 heterocycles. The molecule has 5 nitrogen and oxygen atoms in total. The third-order valence-corrected chi connectivity index (χ3v) is 5.91. The molecule has 162 valence electrons. The van der Waals surface area contributed by atoms with Crippen molar-refractivity contribution in [1.82, 2.24) is 4.90 Å². The molecule has 0 aromatic heterocycles. The number of hydrogen-bond donors (Lipinski definition) is 0. The number of carbonyl (C=O) groups excluding carboxylic acids is 2. The highest BCUT2D eigenvalue weighted by atomic mass is 32.2. The van der Waals surface area contributed by atoms with Crippen LogP contribution < -0.4 is 9.47 Å². The van der Waals surface area contributed by atoms with E-state index in [1.54, 1.807) is 24.3 Å². The number of amides is 2. The monoisotopic (exact) mass is 445 g/mol. The molecule has 32 heavy (non-hydrogen) atoms. The maximum absolute atomic E-state index is 13.0. The van der Waals surface area contributed by atoms with Gasteiger partial charge in [-0.25, -0.2) is 0 Å². The molecule has 1 saturated heterocycles. The van der Waals surface area contributed by atoms with Crippen LogP contribution in [-0.4, -0.2) is 29.3 Å². The first kappa shape index (κ1) is 21.7. The number of hydrogen-bond acceptors (Lipinski definition) is 5. The first-order valence-corrected chi connectivity index (χ1v) is 11.1. The van der Waals surface area contributed by atoms with Gasteiger partial charge in [-0.05, 0) is 58.8 Å². The van der Waals surface area contributed by atoms with Crippen LogP contribution in [0.1, 0.15) is 18.1 Å². The van der Waals surface area contributed by atoms with E-state index in [-0.39, 0.29) is 17.7 Å². The quantitative estimate of drug-likeness (QED) is 0.313. The molecule has 1 aliphatic rings. The van der Waals surface area contributed by atoms with Gasteiger partial charge in [0.2, 0.25) is 0 Å². The van der Waals surface area contributed by atoms with E-state index in [2.05, 4.69) is 6.58 Å². The molecule has 0 aliphatic carbocycles. The zero-order chi connectivity index (χ0) is 22.5. The molecule has 3 aromatic carbocycles. The van der Waals surface area contributed by atoms with Crippen molar-refractivity contribution < 1.29 is 19.1 Å². The van der Waals surface area contributed by atoms with Crippen molar-refractivity contribution in [2.24, 2.45) is 0 Å². The lowest BCUT2D eigenvalue weighted by Crippen LogP contribution is -2.27. The minimum Gasteiger partial charge on any atom is -0.490 e. The molecule has 1 aliphatic heterocycles. The van der Waals surface area contributed by atoms with E-state index >= 15 is 0 Å². The zero-order valence-corrected chi connectivity index (χ0v) is 18.6. The van der Waals surface area contributed by atoms with Crippen LogP contribution in [0, 0.1) is 0 Å². The van der Waals surface area contributed by atoms with Gasteiger partial charge in [-0.15, -0.1) is 0 Å². The second-order valence-electron chi connectivity index (χ2n) is 7.14. The number of rotatable bonds is 8. The van der Waals surface area contributed by atoms with Crippen LogP contribution in [-0.2, 0) is 11.3 Å². The number of thioether (sulfide) groups is 1. The Bertz CT molecular complexity index is 1210. The summed E-state index contributed by atoms with van der Waals surface area (Å²) in [6.45, 7) is 6.63. The summed E-state index contributed by atoms with van der Waals surface area (Å²) in [4.78, 5) is 27.4. The van der Waals surface area contributed by atoms with Gasteiger partial charge in [0.05, 0.1) is 18.1 Å². The fourth-order valence-corrected chi connectivity index (χ4v) is 4.38. The van der Waals surface area contributed by atoms with Gasteiger partial charge in [-0.1, -0.05) is 61.2 Å². The highest BCUT2D eigenvalue weighted by Gasteiger charge is 2.35. The molecular weight excluding hydrogens is 422 g/mol. The molecule has 0 unspecified atom stereocenters. The molecule has 0 spiro atoms. The van der Waals surface area contributed by atoms with Crippen LogP contribution in [0.15, 0.2) is 78.2 Å². The van der Waals surface area contributed by atoms with Crippen LogP contribution in [0.2, 0.25) is 0 Å². The zero-order valence-electron chi connectivity index (χ0n) is 17.7. The standard InChI is InChI=1S/C26H23NO4S/c1-3-14-31-22-13-12-18(15-23(22)30-4-2)16-24-25(28)27(26(29)32-24)17-20-10-7-9-19-8-5-6-11-21(19)20/h3,5-13,15-16H,1,4,14,17H2,2H3/b24-16-. The summed E-state index contributed by atoms with van der Waals surface area (Å²) in [5.41, 5.74) is 1.70. The first-order valence-electron chi connectivity index (χ1n) is 10.3. The van der Waals surface area contributed by atoms with Crippen molar-refractivity contribution in [1.29, 1.82) is 0 Å². The summed E-state index contributed by atoms with van der Waals surface area (Å²) in [5.74, 6) is 0.893. The summed E-state index contributed by atoms with van der Waals surface area (Å²) < 4.78 is 11.3. The first-order chi connectivity index (χ1) is 15.6. The predicted octanol–water partition coefficient (Wildman–Crippen LogP) is 6.04. The Kier molecular flexibility index (Phi) is 6.61. The molecule has 0 bridgehead atoms. The molecule has 0 N–H and O–H groups in total. The van der Waals surface area contributed by atoms with Gasteiger partial charge in [0.1, 0.15) is 6.61 Å². The smallest absolute Gasteiger partial charge is 0.293 e. The van der Waals surface area contributed by atoms with Crippen molar-refractivity contribution in [3.05, 3.63) is 89.4 Å². The number of fused-ring (bicyclic) bond motifs is 1. The second kappa shape index (κ2) is 9.75. The molecule has 6 heteroatoms. The van der Waals surface area contributed by atoms with Crippen molar-refractivity contribution in [2.45, 2.75) is 13.5 Å². The molecule has 3 aromatic rings. The number of imide groups is 1. The van der Waals surface area contributed by atoms with Gasteiger partial charge in [0.25, 0.3) is 11.1 Å². The normalized spacial score (nSPS) is 14.9. The SMILES string of the molecule is C=CCOc1ccc(/C=C2\SC(=O)N(Cc3cccc4ccccc34)C2=O)cc1OCC. The Balaban J connectivity index is 1.58. The van der Waals surface area contributed by atoms with Crippen molar-refractivity contribution >= 4 is 39.8 Å². The predicted molar refractivity (Wildman–Crippen MR) is 129 cm³/mol. The number of ether oxygens (including phenoxy) is 2. The van der Waals surface area contributed by atoms with Crippen molar-refractivity contribution in [3.63, 3.8) is 0 Å². The molecule has 0 atom stereocenters.